The van der Waals surface area contributed by atoms with Crippen molar-refractivity contribution in [3.8, 4) is 0 Å². The number of anilines is 1. The van der Waals surface area contributed by atoms with Crippen LogP contribution in [0.15, 0.2) is 24.3 Å². The maximum absolute atomic E-state index is 11.3. The van der Waals surface area contributed by atoms with E-state index in [2.05, 4.69) is 0 Å². The predicted octanol–water partition coefficient (Wildman–Crippen LogP) is 0.632. The molecule has 0 saturated carbocycles. The van der Waals surface area contributed by atoms with E-state index in [9.17, 15) is 8.42 Å². The minimum absolute atomic E-state index is 0.329. The van der Waals surface area contributed by atoms with Gasteiger partial charge in [-0.2, -0.15) is 0 Å². The highest BCUT2D eigenvalue weighted by Crippen LogP contribution is 2.20. The zero-order chi connectivity index (χ0) is 14.3. The molecule has 1 rings (SSSR count). The average Bonchev–Trinajstić information content (AvgIpc) is 2.26. The van der Waals surface area contributed by atoms with Crippen LogP contribution < -0.4 is 10.0 Å². The first-order chi connectivity index (χ1) is 8.20. The number of carbonyl (C=O) groups is 1. The number of benzene rings is 1. The van der Waals surface area contributed by atoms with Crippen molar-refractivity contribution in [3.63, 3.8) is 0 Å². The average molecular weight is 274 g/mol. The molecule has 0 fully saturated rings. The van der Waals surface area contributed by atoms with E-state index >= 15 is 0 Å². The van der Waals surface area contributed by atoms with Crippen molar-refractivity contribution in [1.82, 2.24) is 0 Å². The molecule has 3 N–H and O–H groups in total. The third-order valence-corrected chi connectivity index (χ3v) is 3.24. The Hall–Kier alpha value is -1.60. The third kappa shape index (κ3) is 5.65. The summed E-state index contributed by atoms with van der Waals surface area (Å²) >= 11 is 0. The lowest BCUT2D eigenvalue weighted by molar-refractivity contribution is -0.134. The highest BCUT2D eigenvalue weighted by atomic mass is 32.2. The van der Waals surface area contributed by atoms with E-state index in [0.717, 1.165) is 12.5 Å². The Morgan fingerprint density at radius 3 is 2.22 bits per heavy atom. The van der Waals surface area contributed by atoms with Gasteiger partial charge in [0.15, 0.2) is 0 Å². The topological polar surface area (TPSA) is 101 Å². The molecule has 0 radical (unpaired) electrons. The van der Waals surface area contributed by atoms with Gasteiger partial charge in [0, 0.05) is 20.5 Å². The molecule has 0 heterocycles. The molecule has 0 atom stereocenters. The number of rotatable bonds is 3. The summed E-state index contributed by atoms with van der Waals surface area (Å²) in [6, 6.07) is 7.18. The Bertz CT molecular complexity index is 496. The number of sulfonamides is 1. The SMILES string of the molecule is CC(=O)O.CN(c1ccccc1CN)S(C)(=O)=O. The fraction of sp³-hybridized carbons (Fsp3) is 0.364. The fourth-order valence-electron chi connectivity index (χ4n) is 1.17. The van der Waals surface area contributed by atoms with Gasteiger partial charge in [0.1, 0.15) is 0 Å². The summed E-state index contributed by atoms with van der Waals surface area (Å²) in [6.45, 7) is 1.41. The standard InChI is InChI=1S/C9H14N2O2S.C2H4O2/c1-11(14(2,12)13)9-6-4-3-5-8(9)7-10;1-2(3)4/h3-6H,7,10H2,1-2H3;1H3,(H,3,4). The first-order valence-electron chi connectivity index (χ1n) is 5.11. The number of carboxylic acid groups (broad SMARTS) is 1. The smallest absolute Gasteiger partial charge is 0.300 e. The van der Waals surface area contributed by atoms with Crippen LogP contribution in [0.3, 0.4) is 0 Å². The van der Waals surface area contributed by atoms with E-state index in [4.69, 9.17) is 15.6 Å². The summed E-state index contributed by atoms with van der Waals surface area (Å²) in [4.78, 5) is 9.00. The second-order valence-electron chi connectivity index (χ2n) is 3.58. The van der Waals surface area contributed by atoms with Crippen LogP contribution in [-0.4, -0.2) is 32.8 Å². The monoisotopic (exact) mass is 274 g/mol. The largest absolute Gasteiger partial charge is 0.481 e. The Morgan fingerprint density at radius 1 is 1.39 bits per heavy atom. The van der Waals surface area contributed by atoms with E-state index in [1.807, 2.05) is 12.1 Å². The highest BCUT2D eigenvalue weighted by Gasteiger charge is 2.13. The molecule has 0 unspecified atom stereocenters. The minimum Gasteiger partial charge on any atom is -0.481 e. The number of hydrogen-bond acceptors (Lipinski definition) is 4. The Morgan fingerprint density at radius 2 is 1.83 bits per heavy atom. The minimum atomic E-state index is -3.21. The van der Waals surface area contributed by atoms with Crippen molar-refractivity contribution in [2.45, 2.75) is 13.5 Å². The van der Waals surface area contributed by atoms with Gasteiger partial charge in [-0.3, -0.25) is 9.10 Å². The summed E-state index contributed by atoms with van der Waals surface area (Å²) in [5, 5.41) is 7.42. The molecule has 0 aliphatic heterocycles. The Labute approximate surface area is 107 Å². The van der Waals surface area contributed by atoms with Crippen LogP contribution in [0.25, 0.3) is 0 Å². The predicted molar refractivity (Wildman–Crippen MR) is 70.9 cm³/mol. The van der Waals surface area contributed by atoms with Crippen molar-refractivity contribution in [2.75, 3.05) is 17.6 Å². The molecule has 0 saturated heterocycles. The molecule has 7 heteroatoms. The number of hydrogen-bond donors (Lipinski definition) is 2. The Balaban J connectivity index is 0.000000631. The second-order valence-corrected chi connectivity index (χ2v) is 5.60. The van der Waals surface area contributed by atoms with Crippen molar-refractivity contribution in [3.05, 3.63) is 29.8 Å². The fourth-order valence-corrected chi connectivity index (χ4v) is 1.70. The van der Waals surface area contributed by atoms with Gasteiger partial charge in [0.2, 0.25) is 10.0 Å². The van der Waals surface area contributed by atoms with Crippen LogP contribution in [0.4, 0.5) is 5.69 Å². The van der Waals surface area contributed by atoms with Crippen molar-refractivity contribution in [2.24, 2.45) is 5.73 Å². The molecule has 6 nitrogen and oxygen atoms in total. The zero-order valence-electron chi connectivity index (χ0n) is 10.6. The lowest BCUT2D eigenvalue weighted by Crippen LogP contribution is -2.26. The van der Waals surface area contributed by atoms with Gasteiger partial charge < -0.3 is 10.8 Å². The quantitative estimate of drug-likeness (QED) is 0.842. The van der Waals surface area contributed by atoms with Gasteiger partial charge in [-0.15, -0.1) is 0 Å². The molecule has 1 aromatic rings. The van der Waals surface area contributed by atoms with Crippen LogP contribution in [0.1, 0.15) is 12.5 Å². The van der Waals surface area contributed by atoms with Crippen LogP contribution in [0.2, 0.25) is 0 Å². The number of nitrogens with two attached hydrogens (primary N) is 1. The summed E-state index contributed by atoms with van der Waals surface area (Å²) in [7, 11) is -1.69. The van der Waals surface area contributed by atoms with E-state index in [0.29, 0.717) is 12.2 Å². The number of carboxylic acids is 1. The van der Waals surface area contributed by atoms with Crippen molar-refractivity contribution < 1.29 is 18.3 Å². The van der Waals surface area contributed by atoms with Gasteiger partial charge in [-0.1, -0.05) is 18.2 Å². The van der Waals surface area contributed by atoms with E-state index in [1.165, 1.54) is 17.6 Å². The molecule has 102 valence electrons. The highest BCUT2D eigenvalue weighted by molar-refractivity contribution is 7.92. The Kier molecular flexibility index (Phi) is 6.35. The third-order valence-electron chi connectivity index (χ3n) is 2.05. The molecule has 0 spiro atoms. The lowest BCUT2D eigenvalue weighted by Gasteiger charge is -2.19. The molecule has 0 bridgehead atoms. The van der Waals surface area contributed by atoms with Gasteiger partial charge in [0.25, 0.3) is 5.97 Å². The normalized spacial score (nSPS) is 10.2. The van der Waals surface area contributed by atoms with Gasteiger partial charge in [-0.25, -0.2) is 8.42 Å². The number of nitrogens with zero attached hydrogens (tertiary/aromatic N) is 1. The molecular weight excluding hydrogens is 256 g/mol. The number of para-hydroxylation sites is 1. The molecule has 0 amide bonds. The summed E-state index contributed by atoms with van der Waals surface area (Å²) in [6.07, 6.45) is 1.17. The van der Waals surface area contributed by atoms with E-state index in [1.54, 1.807) is 12.1 Å². The van der Waals surface area contributed by atoms with Gasteiger partial charge >= 0.3 is 0 Å². The van der Waals surface area contributed by atoms with Gasteiger partial charge in [0.05, 0.1) is 11.9 Å². The summed E-state index contributed by atoms with van der Waals surface area (Å²) < 4.78 is 23.8. The first kappa shape index (κ1) is 16.4. The van der Waals surface area contributed by atoms with Crippen molar-refractivity contribution >= 4 is 21.7 Å². The first-order valence-corrected chi connectivity index (χ1v) is 6.96. The summed E-state index contributed by atoms with van der Waals surface area (Å²) in [5.41, 5.74) is 6.97. The molecule has 1 aromatic carbocycles. The van der Waals surface area contributed by atoms with E-state index < -0.39 is 16.0 Å². The van der Waals surface area contributed by atoms with Crippen LogP contribution in [0.5, 0.6) is 0 Å². The van der Waals surface area contributed by atoms with Gasteiger partial charge in [-0.05, 0) is 11.6 Å². The van der Waals surface area contributed by atoms with Crippen LogP contribution in [-0.2, 0) is 21.4 Å². The van der Waals surface area contributed by atoms with Crippen LogP contribution in [0, 0.1) is 0 Å². The lowest BCUT2D eigenvalue weighted by atomic mass is 10.2. The maximum atomic E-state index is 11.3. The van der Waals surface area contributed by atoms with Crippen LogP contribution >= 0.6 is 0 Å². The summed E-state index contributed by atoms with van der Waals surface area (Å²) in [5.74, 6) is -0.833. The molecule has 18 heavy (non-hydrogen) atoms. The molecule has 0 aromatic heterocycles. The molecular formula is C11H18N2O4S. The molecule has 0 aliphatic carbocycles. The second kappa shape index (κ2) is 6.97. The zero-order valence-corrected chi connectivity index (χ0v) is 11.4. The maximum Gasteiger partial charge on any atom is 0.300 e. The van der Waals surface area contributed by atoms with E-state index in [-0.39, 0.29) is 0 Å². The number of aliphatic carboxylic acids is 1. The van der Waals surface area contributed by atoms with Crippen molar-refractivity contribution in [1.29, 1.82) is 0 Å². The molecule has 0 aliphatic rings.